The Bertz CT molecular complexity index is 3370. The highest BCUT2D eigenvalue weighted by Gasteiger charge is 2.55. The Balaban J connectivity index is 0.000000146. The Morgan fingerprint density at radius 1 is 0.264 bits per heavy atom. The molecule has 0 bridgehead atoms. The van der Waals surface area contributed by atoms with Crippen LogP contribution < -0.4 is 0 Å². The molecule has 24 heteroatoms. The summed E-state index contributed by atoms with van der Waals surface area (Å²) in [6.07, 6.45) is 2.06. The van der Waals surface area contributed by atoms with E-state index in [-0.39, 0.29) is 120 Å². The molecule has 474 valence electrons. The van der Waals surface area contributed by atoms with Crippen molar-refractivity contribution >= 4 is 95.5 Å². The Morgan fingerprint density at radius 3 is 0.670 bits per heavy atom. The van der Waals surface area contributed by atoms with Crippen molar-refractivity contribution in [2.45, 2.75) is 159 Å². The molecule has 12 rings (SSSR count). The Hall–Kier alpha value is -10.0. The van der Waals surface area contributed by atoms with Gasteiger partial charge in [-0.3, -0.25) is 76.7 Å². The predicted molar refractivity (Wildman–Crippen MR) is 305 cm³/mol. The summed E-state index contributed by atoms with van der Waals surface area (Å²) in [5, 5.41) is 0. The predicted octanol–water partition coefficient (Wildman–Crippen LogP) is 7.09. The van der Waals surface area contributed by atoms with E-state index in [0.717, 1.165) is 44.5 Å². The smallest absolute Gasteiger partial charge is 0.320 e. The fourth-order valence-corrected chi connectivity index (χ4v) is 12.5. The Labute approximate surface area is 519 Å². The lowest BCUT2D eigenvalue weighted by Crippen LogP contribution is -2.38. The zero-order valence-electron chi connectivity index (χ0n) is 50.0. The van der Waals surface area contributed by atoms with Crippen LogP contribution in [0.5, 0.6) is 0 Å². The molecular weight excluding hydrogens is 1190 g/mol. The van der Waals surface area contributed by atoms with E-state index in [2.05, 4.69) is 37.9 Å². The van der Waals surface area contributed by atoms with Gasteiger partial charge in [-0.1, -0.05) is 111 Å². The summed E-state index contributed by atoms with van der Waals surface area (Å²) in [6, 6.07) is 30.2. The van der Waals surface area contributed by atoms with E-state index < -0.39 is 117 Å². The number of esters is 16. The minimum atomic E-state index is -1.05. The molecule has 4 aromatic carbocycles. The summed E-state index contributed by atoms with van der Waals surface area (Å²) < 4.78 is 36.3. The lowest BCUT2D eigenvalue weighted by molar-refractivity contribution is -0.168. The summed E-state index contributed by atoms with van der Waals surface area (Å²) in [6.45, 7) is 6.82. The highest BCUT2D eigenvalue weighted by Crippen LogP contribution is 2.46. The van der Waals surface area contributed by atoms with Crippen molar-refractivity contribution in [1.82, 2.24) is 0 Å². The second-order valence-corrected chi connectivity index (χ2v) is 25.0. The van der Waals surface area contributed by atoms with Gasteiger partial charge >= 0.3 is 95.5 Å². The first-order valence-electron chi connectivity index (χ1n) is 29.3. The van der Waals surface area contributed by atoms with Gasteiger partial charge in [0.25, 0.3) is 0 Å². The van der Waals surface area contributed by atoms with Crippen molar-refractivity contribution in [3.63, 3.8) is 0 Å². The molecule has 8 aliphatic rings. The van der Waals surface area contributed by atoms with Crippen molar-refractivity contribution in [2.24, 2.45) is 10.8 Å². The molecule has 8 saturated heterocycles. The van der Waals surface area contributed by atoms with E-state index in [1.54, 1.807) is 13.8 Å². The van der Waals surface area contributed by atoms with Crippen LogP contribution in [0.15, 0.2) is 97.1 Å². The van der Waals surface area contributed by atoms with Crippen LogP contribution in [0.4, 0.5) is 0 Å². The maximum absolute atomic E-state index is 11.6. The van der Waals surface area contributed by atoms with Gasteiger partial charge in [0.1, 0.15) is 0 Å². The van der Waals surface area contributed by atoms with Gasteiger partial charge in [0.15, 0.2) is 0 Å². The normalized spacial score (nSPS) is 23.7. The van der Waals surface area contributed by atoms with Crippen molar-refractivity contribution in [3.05, 3.63) is 130 Å². The minimum absolute atomic E-state index is 0.0666. The van der Waals surface area contributed by atoms with Crippen LogP contribution in [0.1, 0.15) is 181 Å². The number of benzene rings is 4. The summed E-state index contributed by atoms with van der Waals surface area (Å²) in [4.78, 5) is 183. The third-order valence-corrected chi connectivity index (χ3v) is 17.3. The second kappa shape index (κ2) is 26.6. The van der Waals surface area contributed by atoms with Crippen molar-refractivity contribution in [1.29, 1.82) is 0 Å². The molecule has 8 fully saturated rings. The summed E-state index contributed by atoms with van der Waals surface area (Å²) in [5.74, 6) is -9.18. The minimum Gasteiger partial charge on any atom is -0.393 e. The molecule has 0 N–H and O–H groups in total. The first-order valence-corrected chi connectivity index (χ1v) is 29.3. The fraction of sp³-hybridized carbons (Fsp3) is 0.403. The zero-order chi connectivity index (χ0) is 65.7. The van der Waals surface area contributed by atoms with Crippen molar-refractivity contribution in [2.75, 3.05) is 0 Å². The van der Waals surface area contributed by atoms with Crippen molar-refractivity contribution < 1.29 is 115 Å². The van der Waals surface area contributed by atoms with Crippen LogP contribution in [-0.2, 0) is 125 Å². The van der Waals surface area contributed by atoms with E-state index in [9.17, 15) is 76.7 Å². The van der Waals surface area contributed by atoms with Crippen LogP contribution in [-0.4, -0.2) is 95.5 Å². The van der Waals surface area contributed by atoms with Gasteiger partial charge in [-0.25, -0.2) is 0 Å². The lowest BCUT2D eigenvalue weighted by atomic mass is 9.71. The van der Waals surface area contributed by atoms with Crippen LogP contribution in [0, 0.1) is 10.8 Å². The molecule has 2 atom stereocenters. The van der Waals surface area contributed by atoms with Gasteiger partial charge in [0.2, 0.25) is 0 Å². The van der Waals surface area contributed by atoms with Gasteiger partial charge in [0, 0.05) is 34.5 Å². The molecule has 8 aliphatic heterocycles. The average Bonchev–Trinajstić information content (AvgIpc) is 1.79. The highest BCUT2D eigenvalue weighted by atomic mass is 16.6. The van der Waals surface area contributed by atoms with Gasteiger partial charge < -0.3 is 37.9 Å². The Kier molecular flexibility index (Phi) is 19.1. The van der Waals surface area contributed by atoms with Crippen molar-refractivity contribution in [3.8, 4) is 11.1 Å². The number of cyclic esters (lactones) is 16. The number of carbonyl (C=O) groups is 16. The van der Waals surface area contributed by atoms with Crippen LogP contribution >= 0.6 is 0 Å². The van der Waals surface area contributed by atoms with Gasteiger partial charge in [-0.2, -0.15) is 0 Å². The Morgan fingerprint density at radius 2 is 0.462 bits per heavy atom. The van der Waals surface area contributed by atoms with Crippen LogP contribution in [0.3, 0.4) is 0 Å². The summed E-state index contributed by atoms with van der Waals surface area (Å²) >= 11 is 0. The van der Waals surface area contributed by atoms with Gasteiger partial charge in [-0.15, -0.1) is 0 Å². The standard InChI is InChI=1S/C22H18O6.C18H18O6.C16H14O6.C11H12O6/c23-19-9-17(10-20(24)27-19)15-5-1-13(2-6-15)14-3-7-16(8-4-14)18-11-21(25)28-22(26)12-18;1-17(7-13(19)23-14(20)8-17)11-3-5-12(6-4-11)18(2)9-15(21)24-16(22)10-18;17-13-5-11(6-14(18)21-13)9-1-2-10(4-3-9)12-7-15(19)22-16(20)8-12;1-10(3-6(12)16-8(10)14)5-11(2)4-7(13)17-9(11)15/h1-8,17-18H,9-12H2;3-6H,7-10H2,1-2H3;1-4,11-12H,5-8H2;3-5H2,1-2H3. The second-order valence-electron chi connectivity index (χ2n) is 25.0. The maximum Gasteiger partial charge on any atom is 0.320 e. The molecule has 0 aliphatic carbocycles. The first kappa shape index (κ1) is 65.4. The molecule has 2 unspecified atom stereocenters. The van der Waals surface area contributed by atoms with E-state index >= 15 is 0 Å². The summed E-state index contributed by atoms with van der Waals surface area (Å²) in [5.41, 5.74) is 4.02. The van der Waals surface area contributed by atoms with E-state index in [0.29, 0.717) is 0 Å². The van der Waals surface area contributed by atoms with Gasteiger partial charge in [0.05, 0.1) is 101 Å². The van der Waals surface area contributed by atoms with Crippen LogP contribution in [0.2, 0.25) is 0 Å². The molecule has 0 amide bonds. The molecule has 91 heavy (non-hydrogen) atoms. The van der Waals surface area contributed by atoms with E-state index in [1.165, 1.54) is 0 Å². The van der Waals surface area contributed by atoms with E-state index in [1.807, 2.05) is 111 Å². The number of carbonyl (C=O) groups excluding carboxylic acids is 16. The number of hydrogen-bond acceptors (Lipinski definition) is 24. The van der Waals surface area contributed by atoms with E-state index in [4.69, 9.17) is 0 Å². The van der Waals surface area contributed by atoms with Crippen LogP contribution in [0.25, 0.3) is 11.1 Å². The largest absolute Gasteiger partial charge is 0.393 e. The summed E-state index contributed by atoms with van der Waals surface area (Å²) in [7, 11) is 0. The number of rotatable bonds is 9. The third kappa shape index (κ3) is 16.1. The molecule has 4 aromatic rings. The number of ether oxygens (including phenoxy) is 8. The monoisotopic (exact) mass is 1250 g/mol. The SMILES string of the molecule is CC1(CC2(C)CC(=O)OC2=O)CC(=O)OC1=O.CC1(c2ccc(C3(C)CC(=O)OC(=O)C3)cc2)CC(=O)OC(=O)C1.O=C1CC(c2ccc(-c3ccc(C4CC(=O)OC(=O)C4)cc3)cc2)CC(=O)O1.O=C1CC(c2ccc(C3CC(=O)OC(=O)C3)cc2)CC(=O)O1. The lowest BCUT2D eigenvalue weighted by Gasteiger charge is -2.34. The molecule has 0 aromatic heterocycles. The quantitative estimate of drug-likeness (QED) is 0.0916. The number of hydrogen-bond donors (Lipinski definition) is 0. The molecule has 0 saturated carbocycles. The highest BCUT2D eigenvalue weighted by molar-refractivity contribution is 6.00. The molecule has 0 spiro atoms. The third-order valence-electron chi connectivity index (χ3n) is 17.3. The molecular formula is C67H62O24. The fourth-order valence-electron chi connectivity index (χ4n) is 12.5. The van der Waals surface area contributed by atoms with Gasteiger partial charge in [-0.05, 0) is 64.8 Å². The zero-order valence-corrected chi connectivity index (χ0v) is 50.0. The molecule has 0 radical (unpaired) electrons. The first-order chi connectivity index (χ1) is 42.9. The topological polar surface area (TPSA) is 347 Å². The molecule has 8 heterocycles. The maximum atomic E-state index is 11.6. The molecule has 24 nitrogen and oxygen atoms in total. The average molecular weight is 1250 g/mol.